The van der Waals surface area contributed by atoms with E-state index in [0.717, 1.165) is 41.7 Å². The molecule has 4 rings (SSSR count). The van der Waals surface area contributed by atoms with E-state index in [4.69, 9.17) is 9.73 Å². The minimum Gasteiger partial charge on any atom is -0.454 e. The van der Waals surface area contributed by atoms with E-state index in [0.29, 0.717) is 13.1 Å². The molecule has 2 heterocycles. The third-order valence-corrected chi connectivity index (χ3v) is 4.72. The maximum Gasteiger partial charge on any atom is 0.317 e. The minimum atomic E-state index is 0.00142. The number of piperazine rings is 1. The van der Waals surface area contributed by atoms with Crippen LogP contribution in [-0.4, -0.2) is 53.9 Å². The van der Waals surface area contributed by atoms with Crippen molar-refractivity contribution in [2.24, 2.45) is 4.99 Å². The molecule has 0 radical (unpaired) electrons. The van der Waals surface area contributed by atoms with Crippen molar-refractivity contribution in [1.82, 2.24) is 15.1 Å². The summed E-state index contributed by atoms with van der Waals surface area (Å²) < 4.78 is 6.11. The van der Waals surface area contributed by atoms with E-state index in [1.165, 1.54) is 0 Å². The van der Waals surface area contributed by atoms with Crippen LogP contribution >= 0.6 is 0 Å². The summed E-state index contributed by atoms with van der Waals surface area (Å²) in [6.45, 7) is 6.76. The largest absolute Gasteiger partial charge is 0.454 e. The summed E-state index contributed by atoms with van der Waals surface area (Å²) in [4.78, 5) is 21.3. The SMILES string of the molecule is CC(C)NC(=O)N1CCN(C2=Nc3ccccc3Oc3ccccc32)CC1. The topological polar surface area (TPSA) is 57.2 Å². The lowest BCUT2D eigenvalue weighted by Gasteiger charge is -2.36. The molecule has 2 aliphatic rings. The third-order valence-electron chi connectivity index (χ3n) is 4.72. The van der Waals surface area contributed by atoms with Crippen molar-refractivity contribution in [3.8, 4) is 11.5 Å². The van der Waals surface area contributed by atoms with Crippen LogP contribution in [0.2, 0.25) is 0 Å². The molecule has 0 bridgehead atoms. The third kappa shape index (κ3) is 3.60. The molecule has 0 aliphatic carbocycles. The quantitative estimate of drug-likeness (QED) is 0.841. The Balaban J connectivity index is 1.60. The average molecular weight is 364 g/mol. The molecule has 6 nitrogen and oxygen atoms in total. The van der Waals surface area contributed by atoms with Gasteiger partial charge < -0.3 is 19.9 Å². The highest BCUT2D eigenvalue weighted by atomic mass is 16.5. The van der Waals surface area contributed by atoms with Gasteiger partial charge in [-0.15, -0.1) is 0 Å². The Kier molecular flexibility index (Phi) is 4.71. The summed E-state index contributed by atoms with van der Waals surface area (Å²) in [5.41, 5.74) is 1.80. The summed E-state index contributed by atoms with van der Waals surface area (Å²) in [6, 6.07) is 15.9. The van der Waals surface area contributed by atoms with Crippen LogP contribution in [0.1, 0.15) is 19.4 Å². The van der Waals surface area contributed by atoms with E-state index < -0.39 is 0 Å². The van der Waals surface area contributed by atoms with Gasteiger partial charge in [-0.3, -0.25) is 0 Å². The molecule has 2 aliphatic heterocycles. The Morgan fingerprint density at radius 2 is 1.67 bits per heavy atom. The van der Waals surface area contributed by atoms with E-state index in [9.17, 15) is 4.79 Å². The summed E-state index contributed by atoms with van der Waals surface area (Å²) in [7, 11) is 0. The lowest BCUT2D eigenvalue weighted by atomic mass is 10.1. The van der Waals surface area contributed by atoms with Crippen LogP contribution in [0.25, 0.3) is 0 Å². The summed E-state index contributed by atoms with van der Waals surface area (Å²) in [6.07, 6.45) is 0. The summed E-state index contributed by atoms with van der Waals surface area (Å²) in [5, 5.41) is 2.96. The zero-order valence-electron chi connectivity index (χ0n) is 15.7. The summed E-state index contributed by atoms with van der Waals surface area (Å²) in [5.74, 6) is 2.47. The van der Waals surface area contributed by atoms with E-state index in [1.54, 1.807) is 0 Å². The van der Waals surface area contributed by atoms with Gasteiger partial charge in [0, 0.05) is 32.2 Å². The number of carbonyl (C=O) groups excluding carboxylic acids is 1. The first-order valence-electron chi connectivity index (χ1n) is 9.37. The molecule has 1 N–H and O–H groups in total. The number of hydrogen-bond donors (Lipinski definition) is 1. The number of carbonyl (C=O) groups is 1. The standard InChI is InChI=1S/C21H24N4O2/c1-15(2)22-21(26)25-13-11-24(12-14-25)20-16-7-3-5-9-18(16)27-19-10-6-4-8-17(19)23-20/h3-10,15H,11-14H2,1-2H3,(H,22,26). The van der Waals surface area contributed by atoms with Crippen molar-refractivity contribution >= 4 is 17.6 Å². The smallest absolute Gasteiger partial charge is 0.317 e. The first kappa shape index (κ1) is 17.4. The van der Waals surface area contributed by atoms with Gasteiger partial charge in [0.1, 0.15) is 17.3 Å². The number of fused-ring (bicyclic) bond motifs is 2. The highest BCUT2D eigenvalue weighted by Gasteiger charge is 2.27. The Bertz CT molecular complexity index is 870. The van der Waals surface area contributed by atoms with Crippen LogP contribution in [0.5, 0.6) is 11.5 Å². The molecule has 6 heteroatoms. The Labute approximate surface area is 159 Å². The molecule has 2 aromatic carbocycles. The second-order valence-electron chi connectivity index (χ2n) is 7.08. The molecule has 0 aromatic heterocycles. The zero-order valence-corrected chi connectivity index (χ0v) is 15.7. The van der Waals surface area contributed by atoms with Gasteiger partial charge in [0.15, 0.2) is 5.75 Å². The number of ether oxygens (including phenoxy) is 1. The van der Waals surface area contributed by atoms with Crippen LogP contribution in [0.3, 0.4) is 0 Å². The maximum atomic E-state index is 12.3. The number of nitrogens with zero attached hydrogens (tertiary/aromatic N) is 3. The Morgan fingerprint density at radius 1 is 1.00 bits per heavy atom. The number of aliphatic imine (C=N–C) groups is 1. The zero-order chi connectivity index (χ0) is 18.8. The Morgan fingerprint density at radius 3 is 2.41 bits per heavy atom. The molecule has 27 heavy (non-hydrogen) atoms. The molecule has 140 valence electrons. The number of amidine groups is 1. The molecular formula is C21H24N4O2. The number of urea groups is 1. The van der Waals surface area contributed by atoms with Gasteiger partial charge in [0.05, 0.1) is 5.56 Å². The lowest BCUT2D eigenvalue weighted by Crippen LogP contribution is -2.54. The van der Waals surface area contributed by atoms with Crippen molar-refractivity contribution in [2.75, 3.05) is 26.2 Å². The average Bonchev–Trinajstić information content (AvgIpc) is 2.84. The van der Waals surface area contributed by atoms with Crippen LogP contribution < -0.4 is 10.1 Å². The predicted molar refractivity (Wildman–Crippen MR) is 106 cm³/mol. The fourth-order valence-corrected chi connectivity index (χ4v) is 3.37. The number of rotatable bonds is 1. The summed E-state index contributed by atoms with van der Waals surface area (Å²) >= 11 is 0. The fourth-order valence-electron chi connectivity index (χ4n) is 3.37. The van der Waals surface area contributed by atoms with E-state index in [2.05, 4.69) is 10.2 Å². The second kappa shape index (κ2) is 7.31. The van der Waals surface area contributed by atoms with E-state index in [-0.39, 0.29) is 12.1 Å². The molecule has 1 saturated heterocycles. The van der Waals surface area contributed by atoms with Gasteiger partial charge in [-0.25, -0.2) is 9.79 Å². The number of benzene rings is 2. The number of nitrogens with one attached hydrogen (secondary N) is 1. The number of para-hydroxylation sites is 3. The first-order chi connectivity index (χ1) is 13.1. The van der Waals surface area contributed by atoms with Gasteiger partial charge in [-0.05, 0) is 38.1 Å². The number of amides is 2. The molecule has 2 amide bonds. The van der Waals surface area contributed by atoms with Crippen molar-refractivity contribution in [3.05, 3.63) is 54.1 Å². The fraction of sp³-hybridized carbons (Fsp3) is 0.333. The molecule has 0 spiro atoms. The molecule has 2 aromatic rings. The highest BCUT2D eigenvalue weighted by Crippen LogP contribution is 2.37. The maximum absolute atomic E-state index is 12.3. The van der Waals surface area contributed by atoms with E-state index in [1.807, 2.05) is 67.3 Å². The normalized spacial score (nSPS) is 16.0. The van der Waals surface area contributed by atoms with Crippen molar-refractivity contribution in [2.45, 2.75) is 19.9 Å². The molecule has 1 fully saturated rings. The Hall–Kier alpha value is -3.02. The van der Waals surface area contributed by atoms with Gasteiger partial charge in [-0.2, -0.15) is 0 Å². The van der Waals surface area contributed by atoms with Crippen molar-refractivity contribution in [1.29, 1.82) is 0 Å². The predicted octanol–water partition coefficient (Wildman–Crippen LogP) is 3.61. The van der Waals surface area contributed by atoms with E-state index >= 15 is 0 Å². The molecular weight excluding hydrogens is 340 g/mol. The second-order valence-corrected chi connectivity index (χ2v) is 7.08. The monoisotopic (exact) mass is 364 g/mol. The van der Waals surface area contributed by atoms with Gasteiger partial charge in [0.25, 0.3) is 0 Å². The van der Waals surface area contributed by atoms with Gasteiger partial charge in [-0.1, -0.05) is 24.3 Å². The van der Waals surface area contributed by atoms with Crippen LogP contribution in [0.15, 0.2) is 53.5 Å². The molecule has 0 atom stereocenters. The first-order valence-corrected chi connectivity index (χ1v) is 9.37. The lowest BCUT2D eigenvalue weighted by molar-refractivity contribution is 0.167. The van der Waals surface area contributed by atoms with Crippen molar-refractivity contribution < 1.29 is 9.53 Å². The van der Waals surface area contributed by atoms with Crippen LogP contribution in [-0.2, 0) is 0 Å². The van der Waals surface area contributed by atoms with Crippen molar-refractivity contribution in [3.63, 3.8) is 0 Å². The highest BCUT2D eigenvalue weighted by molar-refractivity contribution is 6.03. The van der Waals surface area contributed by atoms with Gasteiger partial charge in [0.2, 0.25) is 0 Å². The molecule has 0 unspecified atom stereocenters. The molecule has 0 saturated carbocycles. The number of hydrogen-bond acceptors (Lipinski definition) is 4. The van der Waals surface area contributed by atoms with Gasteiger partial charge >= 0.3 is 6.03 Å². The van der Waals surface area contributed by atoms with Crippen LogP contribution in [0, 0.1) is 0 Å². The van der Waals surface area contributed by atoms with Crippen LogP contribution in [0.4, 0.5) is 10.5 Å². The minimum absolute atomic E-state index is 0.00142.